The Hall–Kier alpha value is -2.60. The molecule has 0 fully saturated rings. The van der Waals surface area contributed by atoms with Gasteiger partial charge in [0.05, 0.1) is 11.4 Å². The van der Waals surface area contributed by atoms with E-state index < -0.39 is 0 Å². The van der Waals surface area contributed by atoms with Crippen LogP contribution in [0.5, 0.6) is 0 Å². The molecular weight excluding hydrogens is 349 g/mol. The number of nitrogens with zero attached hydrogens (tertiary/aromatic N) is 2. The number of aromatic nitrogens is 2. The van der Waals surface area contributed by atoms with Crippen LogP contribution in [0.25, 0.3) is 5.69 Å². The van der Waals surface area contributed by atoms with E-state index in [0.717, 1.165) is 16.4 Å². The van der Waals surface area contributed by atoms with E-state index in [1.165, 1.54) is 35.0 Å². The van der Waals surface area contributed by atoms with Crippen LogP contribution < -0.4 is 5.32 Å². The first-order chi connectivity index (χ1) is 12.5. The summed E-state index contributed by atoms with van der Waals surface area (Å²) < 4.78 is 15.3. The number of amides is 1. The third kappa shape index (κ3) is 3.96. The lowest BCUT2D eigenvalue weighted by atomic mass is 10.1. The number of rotatable bonds is 5. The lowest BCUT2D eigenvalue weighted by Crippen LogP contribution is -2.15. The topological polar surface area (TPSA) is 46.9 Å². The lowest BCUT2D eigenvalue weighted by Gasteiger charge is -2.12. The molecule has 0 atom stereocenters. The molecule has 6 heteroatoms. The van der Waals surface area contributed by atoms with Gasteiger partial charge in [0.2, 0.25) is 5.91 Å². The van der Waals surface area contributed by atoms with Gasteiger partial charge in [-0.05, 0) is 55.7 Å². The first-order valence-electron chi connectivity index (χ1n) is 8.24. The Bertz CT molecular complexity index is 952. The molecule has 2 aromatic carbocycles. The molecule has 3 aromatic rings. The van der Waals surface area contributed by atoms with E-state index in [1.807, 2.05) is 29.8 Å². The molecule has 0 aliphatic rings. The highest BCUT2D eigenvalue weighted by atomic mass is 32.2. The van der Waals surface area contributed by atoms with Crippen LogP contribution in [0, 0.1) is 26.6 Å². The quantitative estimate of drug-likeness (QED) is 0.665. The average Bonchev–Trinajstić information content (AvgIpc) is 3.07. The van der Waals surface area contributed by atoms with Crippen molar-refractivity contribution in [2.75, 3.05) is 11.1 Å². The molecule has 0 saturated carbocycles. The average molecular weight is 369 g/mol. The van der Waals surface area contributed by atoms with E-state index >= 15 is 0 Å². The van der Waals surface area contributed by atoms with Gasteiger partial charge in [0.15, 0.2) is 5.16 Å². The summed E-state index contributed by atoms with van der Waals surface area (Å²) in [6.45, 7) is 5.96. The molecule has 0 unspecified atom stereocenters. The van der Waals surface area contributed by atoms with Gasteiger partial charge in [0, 0.05) is 18.1 Å². The number of thioether (sulfide) groups is 1. The monoisotopic (exact) mass is 369 g/mol. The summed E-state index contributed by atoms with van der Waals surface area (Å²) in [7, 11) is 0. The summed E-state index contributed by atoms with van der Waals surface area (Å²) in [5.74, 6) is -0.374. The Labute approximate surface area is 156 Å². The second kappa shape index (κ2) is 7.74. The van der Waals surface area contributed by atoms with E-state index in [4.69, 9.17) is 0 Å². The van der Waals surface area contributed by atoms with Crippen molar-refractivity contribution in [3.63, 3.8) is 0 Å². The largest absolute Gasteiger partial charge is 0.325 e. The normalized spacial score (nSPS) is 10.8. The van der Waals surface area contributed by atoms with Crippen molar-refractivity contribution in [2.24, 2.45) is 0 Å². The SMILES string of the molecule is Cc1ccc(F)cc1NC(=O)CSc1nccn1-c1cccc(C)c1C. The first-order valence-corrected chi connectivity index (χ1v) is 9.23. The Balaban J connectivity index is 1.71. The van der Waals surface area contributed by atoms with Crippen LogP contribution in [0.1, 0.15) is 16.7 Å². The van der Waals surface area contributed by atoms with Crippen LogP contribution in [0.15, 0.2) is 53.9 Å². The van der Waals surface area contributed by atoms with E-state index in [1.54, 1.807) is 12.3 Å². The predicted octanol–water partition coefficient (Wildman–Crippen LogP) is 4.67. The molecule has 3 rings (SSSR count). The maximum Gasteiger partial charge on any atom is 0.234 e. The molecule has 26 heavy (non-hydrogen) atoms. The second-order valence-electron chi connectivity index (χ2n) is 6.09. The zero-order chi connectivity index (χ0) is 18.7. The van der Waals surface area contributed by atoms with Crippen LogP contribution in [-0.4, -0.2) is 21.2 Å². The van der Waals surface area contributed by atoms with Crippen molar-refractivity contribution in [3.8, 4) is 5.69 Å². The molecule has 0 aliphatic carbocycles. The number of carbonyl (C=O) groups excluding carboxylic acids is 1. The van der Waals surface area contributed by atoms with Crippen molar-refractivity contribution in [2.45, 2.75) is 25.9 Å². The molecule has 1 amide bonds. The lowest BCUT2D eigenvalue weighted by molar-refractivity contribution is -0.113. The summed E-state index contributed by atoms with van der Waals surface area (Å²) in [4.78, 5) is 16.6. The number of hydrogen-bond acceptors (Lipinski definition) is 3. The Morgan fingerprint density at radius 3 is 2.81 bits per heavy atom. The molecule has 1 aromatic heterocycles. The second-order valence-corrected chi connectivity index (χ2v) is 7.04. The standard InChI is InChI=1S/C20H20FN3OS/c1-13-5-4-6-18(15(13)3)24-10-9-22-20(24)26-12-19(25)23-17-11-16(21)8-7-14(17)2/h4-11H,12H2,1-3H3,(H,23,25). The molecule has 134 valence electrons. The highest BCUT2D eigenvalue weighted by molar-refractivity contribution is 7.99. The van der Waals surface area contributed by atoms with Crippen molar-refractivity contribution >= 4 is 23.4 Å². The molecule has 0 spiro atoms. The van der Waals surface area contributed by atoms with Gasteiger partial charge in [-0.25, -0.2) is 9.37 Å². The smallest absolute Gasteiger partial charge is 0.234 e. The van der Waals surface area contributed by atoms with Crippen molar-refractivity contribution in [1.82, 2.24) is 9.55 Å². The van der Waals surface area contributed by atoms with Gasteiger partial charge in [-0.1, -0.05) is 30.0 Å². The van der Waals surface area contributed by atoms with E-state index in [-0.39, 0.29) is 17.5 Å². The number of benzene rings is 2. The Morgan fingerprint density at radius 1 is 1.19 bits per heavy atom. The summed E-state index contributed by atoms with van der Waals surface area (Å²) >= 11 is 1.35. The third-order valence-corrected chi connectivity index (χ3v) is 5.22. The molecule has 1 N–H and O–H groups in total. The number of aryl methyl sites for hydroxylation is 2. The fourth-order valence-electron chi connectivity index (χ4n) is 2.62. The number of hydrogen-bond donors (Lipinski definition) is 1. The van der Waals surface area contributed by atoms with Crippen molar-refractivity contribution in [1.29, 1.82) is 0 Å². The van der Waals surface area contributed by atoms with Crippen LogP contribution in [0.2, 0.25) is 0 Å². The van der Waals surface area contributed by atoms with Gasteiger partial charge in [-0.2, -0.15) is 0 Å². The zero-order valence-corrected chi connectivity index (χ0v) is 15.7. The van der Waals surface area contributed by atoms with Crippen LogP contribution in [0.4, 0.5) is 10.1 Å². The highest BCUT2D eigenvalue weighted by Gasteiger charge is 2.12. The highest BCUT2D eigenvalue weighted by Crippen LogP contribution is 2.24. The van der Waals surface area contributed by atoms with E-state index in [9.17, 15) is 9.18 Å². The van der Waals surface area contributed by atoms with Crippen molar-refractivity contribution < 1.29 is 9.18 Å². The molecular formula is C20H20FN3OS. The summed E-state index contributed by atoms with van der Waals surface area (Å²) in [5.41, 5.74) is 4.74. The summed E-state index contributed by atoms with van der Waals surface area (Å²) in [6, 6.07) is 10.5. The molecule has 0 aliphatic heterocycles. The molecule has 0 radical (unpaired) electrons. The minimum atomic E-state index is -0.371. The van der Waals surface area contributed by atoms with Crippen LogP contribution in [-0.2, 0) is 4.79 Å². The maximum atomic E-state index is 13.3. The molecule has 1 heterocycles. The zero-order valence-electron chi connectivity index (χ0n) is 14.9. The maximum absolute atomic E-state index is 13.3. The van der Waals surface area contributed by atoms with Gasteiger partial charge < -0.3 is 5.32 Å². The minimum absolute atomic E-state index is 0.192. The summed E-state index contributed by atoms with van der Waals surface area (Å²) in [6.07, 6.45) is 3.61. The van der Waals surface area contributed by atoms with E-state index in [2.05, 4.69) is 30.2 Å². The molecule has 4 nitrogen and oxygen atoms in total. The third-order valence-electron chi connectivity index (χ3n) is 4.25. The number of imidazole rings is 1. The molecule has 0 saturated heterocycles. The Kier molecular flexibility index (Phi) is 5.42. The minimum Gasteiger partial charge on any atom is -0.325 e. The summed E-state index contributed by atoms with van der Waals surface area (Å²) in [5, 5.41) is 3.50. The Morgan fingerprint density at radius 2 is 2.00 bits per heavy atom. The molecule has 0 bridgehead atoms. The van der Waals surface area contributed by atoms with Crippen molar-refractivity contribution in [3.05, 3.63) is 71.3 Å². The number of anilines is 1. The predicted molar refractivity (Wildman–Crippen MR) is 104 cm³/mol. The number of nitrogens with one attached hydrogen (secondary N) is 1. The van der Waals surface area contributed by atoms with Gasteiger partial charge in [0.25, 0.3) is 0 Å². The van der Waals surface area contributed by atoms with Gasteiger partial charge in [-0.3, -0.25) is 9.36 Å². The van der Waals surface area contributed by atoms with Crippen LogP contribution >= 0.6 is 11.8 Å². The fourth-order valence-corrected chi connectivity index (χ4v) is 3.39. The van der Waals surface area contributed by atoms with E-state index in [0.29, 0.717) is 5.69 Å². The first kappa shape index (κ1) is 18.2. The van der Waals surface area contributed by atoms with Gasteiger partial charge in [0.1, 0.15) is 5.82 Å². The number of carbonyl (C=O) groups is 1. The van der Waals surface area contributed by atoms with Gasteiger partial charge in [-0.15, -0.1) is 0 Å². The van der Waals surface area contributed by atoms with Gasteiger partial charge >= 0.3 is 0 Å². The number of halogens is 1. The fraction of sp³-hybridized carbons (Fsp3) is 0.200. The van der Waals surface area contributed by atoms with Crippen LogP contribution in [0.3, 0.4) is 0 Å².